The van der Waals surface area contributed by atoms with Crippen molar-refractivity contribution in [3.05, 3.63) is 45.5 Å². The standard InChI is InChI=1S/C17H17ClF4O2/c1-7(18)5-10-11(17(10,3)4)16(23)24-6-9-14(21)12(19)8(2)13(20)15(9)22/h5,10-11H,6H2,1-4H3/b7-5-/t10-,11-/m1/s1. The summed E-state index contributed by atoms with van der Waals surface area (Å²) in [6.07, 6.45) is 1.71. The zero-order valence-corrected chi connectivity index (χ0v) is 14.4. The van der Waals surface area contributed by atoms with Crippen LogP contribution < -0.4 is 0 Å². The van der Waals surface area contributed by atoms with Crippen molar-refractivity contribution in [1.29, 1.82) is 0 Å². The van der Waals surface area contributed by atoms with Gasteiger partial charge in [-0.05, 0) is 25.2 Å². The summed E-state index contributed by atoms with van der Waals surface area (Å²) in [7, 11) is 0. The lowest BCUT2D eigenvalue weighted by atomic mass is 10.1. The molecule has 1 aliphatic carbocycles. The number of hydrogen-bond donors (Lipinski definition) is 0. The van der Waals surface area contributed by atoms with E-state index in [9.17, 15) is 22.4 Å². The Morgan fingerprint density at radius 3 is 2.12 bits per heavy atom. The SMILES string of the molecule is C/C(Cl)=C/[C@@H]1[C@H](C(=O)OCc2c(F)c(F)c(C)c(F)c2F)C1(C)C. The molecule has 0 N–H and O–H groups in total. The first-order chi connectivity index (χ1) is 11.0. The molecule has 0 saturated heterocycles. The van der Waals surface area contributed by atoms with Crippen molar-refractivity contribution in [3.63, 3.8) is 0 Å². The fourth-order valence-electron chi connectivity index (χ4n) is 2.83. The van der Waals surface area contributed by atoms with Crippen molar-refractivity contribution in [2.45, 2.75) is 34.3 Å². The van der Waals surface area contributed by atoms with Gasteiger partial charge in [-0.1, -0.05) is 31.5 Å². The molecule has 2 atom stereocenters. The van der Waals surface area contributed by atoms with Gasteiger partial charge in [0.1, 0.15) is 6.61 Å². The number of halogens is 5. The number of allylic oxidation sites excluding steroid dienone is 2. The summed E-state index contributed by atoms with van der Waals surface area (Å²) in [5, 5.41) is 0.517. The molecule has 0 aliphatic heterocycles. The molecule has 0 bridgehead atoms. The van der Waals surface area contributed by atoms with Gasteiger partial charge in [0.2, 0.25) is 0 Å². The molecule has 132 valence electrons. The monoisotopic (exact) mass is 364 g/mol. The van der Waals surface area contributed by atoms with E-state index in [1.807, 2.05) is 13.8 Å². The van der Waals surface area contributed by atoms with Crippen LogP contribution in [0.15, 0.2) is 11.1 Å². The Labute approximate surface area is 142 Å². The molecule has 0 unspecified atom stereocenters. The summed E-state index contributed by atoms with van der Waals surface area (Å²) in [4.78, 5) is 12.1. The highest BCUT2D eigenvalue weighted by Gasteiger charge is 2.61. The van der Waals surface area contributed by atoms with Gasteiger partial charge >= 0.3 is 5.97 Å². The van der Waals surface area contributed by atoms with Crippen LogP contribution in [0.3, 0.4) is 0 Å². The third-order valence-electron chi connectivity index (χ3n) is 4.51. The van der Waals surface area contributed by atoms with E-state index < -0.39 is 58.3 Å². The van der Waals surface area contributed by atoms with E-state index in [0.717, 1.165) is 6.92 Å². The molecule has 2 rings (SSSR count). The van der Waals surface area contributed by atoms with Gasteiger partial charge in [-0.3, -0.25) is 4.79 Å². The Morgan fingerprint density at radius 2 is 1.67 bits per heavy atom. The smallest absolute Gasteiger partial charge is 0.310 e. The van der Waals surface area contributed by atoms with Gasteiger partial charge in [0.15, 0.2) is 23.3 Å². The molecule has 1 saturated carbocycles. The zero-order chi connectivity index (χ0) is 18.4. The fourth-order valence-corrected chi connectivity index (χ4v) is 2.97. The second-order valence-electron chi connectivity index (χ2n) is 6.55. The van der Waals surface area contributed by atoms with E-state index in [0.29, 0.717) is 5.03 Å². The number of esters is 1. The van der Waals surface area contributed by atoms with Crippen molar-refractivity contribution >= 4 is 17.6 Å². The molecule has 7 heteroatoms. The number of rotatable bonds is 4. The van der Waals surface area contributed by atoms with Crippen LogP contribution >= 0.6 is 11.6 Å². The van der Waals surface area contributed by atoms with E-state index in [2.05, 4.69) is 0 Å². The maximum Gasteiger partial charge on any atom is 0.310 e. The van der Waals surface area contributed by atoms with Crippen molar-refractivity contribution in [3.8, 4) is 0 Å². The molecule has 24 heavy (non-hydrogen) atoms. The maximum atomic E-state index is 13.8. The van der Waals surface area contributed by atoms with Gasteiger partial charge in [0, 0.05) is 10.6 Å². The normalized spacial score (nSPS) is 22.5. The first-order valence-electron chi connectivity index (χ1n) is 7.32. The predicted octanol–water partition coefficient (Wildman–Crippen LogP) is 5.01. The predicted molar refractivity (Wildman–Crippen MR) is 81.2 cm³/mol. The van der Waals surface area contributed by atoms with Crippen molar-refractivity contribution < 1.29 is 27.1 Å². The molecule has 2 nitrogen and oxygen atoms in total. The second-order valence-corrected chi connectivity index (χ2v) is 7.14. The summed E-state index contributed by atoms with van der Waals surface area (Å²) in [5.41, 5.74) is -2.11. The highest BCUT2D eigenvalue weighted by Crippen LogP contribution is 2.60. The quantitative estimate of drug-likeness (QED) is 0.426. The van der Waals surface area contributed by atoms with Gasteiger partial charge in [-0.15, -0.1) is 0 Å². The first kappa shape index (κ1) is 18.8. The molecular weight excluding hydrogens is 348 g/mol. The van der Waals surface area contributed by atoms with E-state index in [1.54, 1.807) is 13.0 Å². The average Bonchev–Trinajstić information content (AvgIpc) is 3.02. The molecule has 0 heterocycles. The molecule has 0 radical (unpaired) electrons. The summed E-state index contributed by atoms with van der Waals surface area (Å²) in [6, 6.07) is 0. The number of carbonyl (C=O) groups excluding carboxylic acids is 1. The van der Waals surface area contributed by atoms with Crippen LogP contribution in [-0.4, -0.2) is 5.97 Å². The average molecular weight is 365 g/mol. The van der Waals surface area contributed by atoms with Crippen LogP contribution in [0.1, 0.15) is 31.9 Å². The summed E-state index contributed by atoms with van der Waals surface area (Å²) in [6.45, 7) is 5.36. The Bertz CT molecular complexity index is 695. The maximum absolute atomic E-state index is 13.8. The van der Waals surface area contributed by atoms with Crippen LogP contribution in [0.5, 0.6) is 0 Å². The third-order valence-corrected chi connectivity index (χ3v) is 4.63. The lowest BCUT2D eigenvalue weighted by Crippen LogP contribution is -2.14. The van der Waals surface area contributed by atoms with Crippen LogP contribution in [0.25, 0.3) is 0 Å². The lowest BCUT2D eigenvalue weighted by Gasteiger charge is -2.10. The lowest BCUT2D eigenvalue weighted by molar-refractivity contribution is -0.147. The van der Waals surface area contributed by atoms with Crippen LogP contribution in [0, 0.1) is 47.4 Å². The van der Waals surface area contributed by atoms with E-state index in [-0.39, 0.29) is 5.92 Å². The third kappa shape index (κ3) is 3.16. The first-order valence-corrected chi connectivity index (χ1v) is 7.69. The highest BCUT2D eigenvalue weighted by molar-refractivity contribution is 6.29. The van der Waals surface area contributed by atoms with Crippen LogP contribution in [-0.2, 0) is 16.1 Å². The van der Waals surface area contributed by atoms with Crippen molar-refractivity contribution in [1.82, 2.24) is 0 Å². The van der Waals surface area contributed by atoms with Gasteiger partial charge in [0.25, 0.3) is 0 Å². The zero-order valence-electron chi connectivity index (χ0n) is 13.6. The van der Waals surface area contributed by atoms with E-state index in [1.165, 1.54) is 0 Å². The van der Waals surface area contributed by atoms with Gasteiger partial charge in [-0.25, -0.2) is 17.6 Å². The number of ether oxygens (including phenoxy) is 1. The summed E-state index contributed by atoms with van der Waals surface area (Å²) >= 11 is 5.80. The minimum absolute atomic E-state index is 0.163. The topological polar surface area (TPSA) is 26.3 Å². The number of hydrogen-bond acceptors (Lipinski definition) is 2. The van der Waals surface area contributed by atoms with Gasteiger partial charge in [0.05, 0.1) is 11.5 Å². The molecule has 0 spiro atoms. The molecular formula is C17H17ClF4O2. The molecule has 1 aromatic rings. The van der Waals surface area contributed by atoms with E-state index >= 15 is 0 Å². The second kappa shape index (κ2) is 6.39. The van der Waals surface area contributed by atoms with Crippen molar-refractivity contribution in [2.24, 2.45) is 17.3 Å². The minimum atomic E-state index is -1.55. The fraction of sp³-hybridized carbons (Fsp3) is 0.471. The van der Waals surface area contributed by atoms with Crippen LogP contribution in [0.4, 0.5) is 17.6 Å². The van der Waals surface area contributed by atoms with Crippen LogP contribution in [0.2, 0.25) is 0 Å². The van der Waals surface area contributed by atoms with E-state index in [4.69, 9.17) is 16.3 Å². The number of carbonyl (C=O) groups is 1. The van der Waals surface area contributed by atoms with Crippen molar-refractivity contribution in [2.75, 3.05) is 0 Å². The Morgan fingerprint density at radius 1 is 1.17 bits per heavy atom. The number of benzene rings is 1. The van der Waals surface area contributed by atoms with Gasteiger partial charge < -0.3 is 4.74 Å². The van der Waals surface area contributed by atoms with Gasteiger partial charge in [-0.2, -0.15) is 0 Å². The summed E-state index contributed by atoms with van der Waals surface area (Å²) in [5.74, 6) is -7.49. The summed E-state index contributed by atoms with van der Waals surface area (Å²) < 4.78 is 59.5. The largest absolute Gasteiger partial charge is 0.460 e. The molecule has 0 amide bonds. The highest BCUT2D eigenvalue weighted by atomic mass is 35.5. The molecule has 1 fully saturated rings. The molecule has 0 aromatic heterocycles. The Hall–Kier alpha value is -1.56. The molecule has 1 aliphatic rings. The molecule has 1 aromatic carbocycles. The Kier molecular flexibility index (Phi) is 5.00. The Balaban J connectivity index is 2.16. The minimum Gasteiger partial charge on any atom is -0.460 e.